The van der Waals surface area contributed by atoms with Gasteiger partial charge in [0.25, 0.3) is 0 Å². The zero-order chi connectivity index (χ0) is 12.1. The number of hydrogen-bond acceptors (Lipinski definition) is 2. The van der Waals surface area contributed by atoms with E-state index in [1.165, 1.54) is 4.31 Å². The molecule has 0 aliphatic heterocycles. The van der Waals surface area contributed by atoms with Crippen molar-refractivity contribution in [1.82, 2.24) is 4.31 Å². The molecule has 15 heavy (non-hydrogen) atoms. The molecule has 0 N–H and O–H groups in total. The van der Waals surface area contributed by atoms with E-state index in [1.807, 2.05) is 13.8 Å². The average molecular weight is 256 g/mol. The van der Waals surface area contributed by atoms with Crippen molar-refractivity contribution in [3.8, 4) is 0 Å². The second kappa shape index (κ2) is 6.71. The van der Waals surface area contributed by atoms with E-state index in [0.29, 0.717) is 5.88 Å². The Bertz CT molecular complexity index is 267. The number of halogens is 1. The Labute approximate surface area is 98.8 Å². The Morgan fingerprint density at radius 1 is 1.33 bits per heavy atom. The minimum atomic E-state index is -3.14. The Hall–Kier alpha value is 0.200. The predicted molar refractivity (Wildman–Crippen MR) is 65.8 cm³/mol. The lowest BCUT2D eigenvalue weighted by atomic mass is 10.2. The highest BCUT2D eigenvalue weighted by Crippen LogP contribution is 2.13. The van der Waals surface area contributed by atoms with Crippen molar-refractivity contribution < 1.29 is 8.42 Å². The van der Waals surface area contributed by atoms with Gasteiger partial charge < -0.3 is 0 Å². The Balaban J connectivity index is 4.44. The van der Waals surface area contributed by atoms with E-state index >= 15 is 0 Å². The lowest BCUT2D eigenvalue weighted by Crippen LogP contribution is -2.38. The fourth-order valence-corrected chi connectivity index (χ4v) is 3.36. The van der Waals surface area contributed by atoms with Crippen molar-refractivity contribution in [2.75, 3.05) is 18.7 Å². The topological polar surface area (TPSA) is 37.4 Å². The molecule has 0 aromatic heterocycles. The largest absolute Gasteiger partial charge is 0.214 e. The first-order valence-corrected chi connectivity index (χ1v) is 7.51. The summed E-state index contributed by atoms with van der Waals surface area (Å²) in [5.41, 5.74) is 0. The molecule has 2 unspecified atom stereocenters. The van der Waals surface area contributed by atoms with Crippen LogP contribution in [0.3, 0.4) is 0 Å². The maximum atomic E-state index is 11.9. The second-order valence-electron chi connectivity index (χ2n) is 4.19. The van der Waals surface area contributed by atoms with Crippen molar-refractivity contribution in [1.29, 1.82) is 0 Å². The van der Waals surface area contributed by atoms with Crippen LogP contribution in [0.5, 0.6) is 0 Å². The Morgan fingerprint density at radius 3 is 2.27 bits per heavy atom. The molecule has 0 bridgehead atoms. The van der Waals surface area contributed by atoms with Gasteiger partial charge in [0.2, 0.25) is 10.0 Å². The van der Waals surface area contributed by atoms with E-state index in [1.54, 1.807) is 7.05 Å². The lowest BCUT2D eigenvalue weighted by Gasteiger charge is -2.25. The Kier molecular flexibility index (Phi) is 6.80. The third-order valence-corrected chi connectivity index (χ3v) is 5.28. The molecule has 0 amide bonds. The van der Waals surface area contributed by atoms with E-state index in [0.717, 1.165) is 12.8 Å². The molecule has 0 saturated heterocycles. The standard InChI is InChI=1S/C10H22ClNO2S/c1-5-6-10(3)12(4)15(13,14)8-9(2)7-11/h9-10H,5-8H2,1-4H3. The summed E-state index contributed by atoms with van der Waals surface area (Å²) in [6.07, 6.45) is 1.89. The SMILES string of the molecule is CCCC(C)N(C)S(=O)(=O)CC(C)CCl. The molecule has 0 fully saturated rings. The summed E-state index contributed by atoms with van der Waals surface area (Å²) in [5.74, 6) is 0.531. The normalized spacial score (nSPS) is 16.7. The van der Waals surface area contributed by atoms with Crippen LogP contribution in [0.25, 0.3) is 0 Å². The van der Waals surface area contributed by atoms with Gasteiger partial charge in [-0.15, -0.1) is 11.6 Å². The number of sulfonamides is 1. The molecule has 0 aromatic rings. The maximum absolute atomic E-state index is 11.9. The summed E-state index contributed by atoms with van der Waals surface area (Å²) < 4.78 is 25.2. The predicted octanol–water partition coefficient (Wildman–Crippen LogP) is 2.31. The van der Waals surface area contributed by atoms with Crippen molar-refractivity contribution >= 4 is 21.6 Å². The van der Waals surface area contributed by atoms with Crippen molar-refractivity contribution in [2.45, 2.75) is 39.7 Å². The Morgan fingerprint density at radius 2 is 1.87 bits per heavy atom. The highest BCUT2D eigenvalue weighted by atomic mass is 35.5. The van der Waals surface area contributed by atoms with Gasteiger partial charge in [0, 0.05) is 19.0 Å². The number of rotatable bonds is 7. The van der Waals surface area contributed by atoms with E-state index in [4.69, 9.17) is 11.6 Å². The molecule has 0 spiro atoms. The molecule has 0 radical (unpaired) electrons. The fraction of sp³-hybridized carbons (Fsp3) is 1.00. The summed E-state index contributed by atoms with van der Waals surface area (Å²) >= 11 is 5.62. The average Bonchev–Trinajstić information content (AvgIpc) is 2.16. The smallest absolute Gasteiger partial charge is 0.212 e. The minimum Gasteiger partial charge on any atom is -0.212 e. The van der Waals surface area contributed by atoms with Crippen LogP contribution in [-0.2, 0) is 10.0 Å². The molecule has 0 aliphatic carbocycles. The maximum Gasteiger partial charge on any atom is 0.214 e. The van der Waals surface area contributed by atoms with Gasteiger partial charge >= 0.3 is 0 Å². The van der Waals surface area contributed by atoms with Gasteiger partial charge in [-0.05, 0) is 19.3 Å². The van der Waals surface area contributed by atoms with Crippen molar-refractivity contribution in [3.05, 3.63) is 0 Å². The monoisotopic (exact) mass is 255 g/mol. The van der Waals surface area contributed by atoms with Crippen LogP contribution in [0.4, 0.5) is 0 Å². The molecular weight excluding hydrogens is 234 g/mol. The fourth-order valence-electron chi connectivity index (χ4n) is 1.40. The number of hydrogen-bond donors (Lipinski definition) is 0. The first kappa shape index (κ1) is 15.2. The molecule has 5 heteroatoms. The number of nitrogens with zero attached hydrogens (tertiary/aromatic N) is 1. The molecule has 3 nitrogen and oxygen atoms in total. The first-order chi connectivity index (χ1) is 6.85. The van der Waals surface area contributed by atoms with Crippen LogP contribution in [0.1, 0.15) is 33.6 Å². The van der Waals surface area contributed by atoms with Gasteiger partial charge in [0.1, 0.15) is 0 Å². The summed E-state index contributed by atoms with van der Waals surface area (Å²) in [5, 5.41) is 0. The molecule has 2 atom stereocenters. The lowest BCUT2D eigenvalue weighted by molar-refractivity contribution is 0.366. The summed E-state index contributed by atoms with van der Waals surface area (Å²) in [6.45, 7) is 5.84. The molecular formula is C10H22ClNO2S. The molecule has 0 aromatic carbocycles. The molecule has 0 rings (SSSR count). The van der Waals surface area contributed by atoms with Crippen LogP contribution in [0.15, 0.2) is 0 Å². The van der Waals surface area contributed by atoms with Gasteiger partial charge in [0.05, 0.1) is 5.75 Å². The molecule has 92 valence electrons. The van der Waals surface area contributed by atoms with Crippen LogP contribution in [0, 0.1) is 5.92 Å². The van der Waals surface area contributed by atoms with Gasteiger partial charge in [-0.2, -0.15) is 0 Å². The summed E-state index contributed by atoms with van der Waals surface area (Å²) in [4.78, 5) is 0. The van der Waals surface area contributed by atoms with Crippen LogP contribution >= 0.6 is 11.6 Å². The molecule has 0 saturated carbocycles. The molecule has 0 aliphatic rings. The summed E-state index contributed by atoms with van der Waals surface area (Å²) in [7, 11) is -1.49. The highest BCUT2D eigenvalue weighted by molar-refractivity contribution is 7.89. The molecule has 0 heterocycles. The zero-order valence-electron chi connectivity index (χ0n) is 10.0. The van der Waals surface area contributed by atoms with E-state index in [9.17, 15) is 8.42 Å². The zero-order valence-corrected chi connectivity index (χ0v) is 11.6. The van der Waals surface area contributed by atoms with Gasteiger partial charge in [-0.1, -0.05) is 20.3 Å². The van der Waals surface area contributed by atoms with Gasteiger partial charge in [-0.3, -0.25) is 0 Å². The quantitative estimate of drug-likeness (QED) is 0.655. The minimum absolute atomic E-state index is 0.00735. The third-order valence-electron chi connectivity index (χ3n) is 2.52. The number of alkyl halides is 1. The first-order valence-electron chi connectivity index (χ1n) is 5.36. The summed E-state index contributed by atoms with van der Waals surface area (Å²) in [6, 6.07) is 0.0718. The van der Waals surface area contributed by atoms with E-state index < -0.39 is 10.0 Å². The third kappa shape index (κ3) is 5.18. The van der Waals surface area contributed by atoms with Crippen LogP contribution < -0.4 is 0 Å². The van der Waals surface area contributed by atoms with Gasteiger partial charge in [0.15, 0.2) is 0 Å². The van der Waals surface area contributed by atoms with Crippen LogP contribution in [0.2, 0.25) is 0 Å². The van der Waals surface area contributed by atoms with E-state index in [2.05, 4.69) is 6.92 Å². The van der Waals surface area contributed by atoms with Crippen molar-refractivity contribution in [2.24, 2.45) is 5.92 Å². The van der Waals surface area contributed by atoms with Crippen molar-refractivity contribution in [3.63, 3.8) is 0 Å². The highest BCUT2D eigenvalue weighted by Gasteiger charge is 2.24. The second-order valence-corrected chi connectivity index (χ2v) is 6.57. The van der Waals surface area contributed by atoms with Crippen LogP contribution in [-0.4, -0.2) is 37.4 Å². The van der Waals surface area contributed by atoms with E-state index in [-0.39, 0.29) is 17.7 Å². The van der Waals surface area contributed by atoms with Gasteiger partial charge in [-0.25, -0.2) is 12.7 Å².